The van der Waals surface area contributed by atoms with E-state index < -0.39 is 0 Å². The Hall–Kier alpha value is -2.05. The van der Waals surface area contributed by atoms with Crippen LogP contribution in [0, 0.1) is 5.92 Å². The van der Waals surface area contributed by atoms with Gasteiger partial charge in [0, 0.05) is 43.3 Å². The highest BCUT2D eigenvalue weighted by Crippen LogP contribution is 2.29. The monoisotopic (exact) mass is 412 g/mol. The number of anilines is 1. The van der Waals surface area contributed by atoms with Gasteiger partial charge in [-0.2, -0.15) is 0 Å². The average Bonchev–Trinajstić information content (AvgIpc) is 3.30. The van der Waals surface area contributed by atoms with Crippen LogP contribution in [0.15, 0.2) is 47.8 Å². The van der Waals surface area contributed by atoms with Crippen molar-refractivity contribution >= 4 is 23.1 Å². The Kier molecular flexibility index (Phi) is 6.72. The Bertz CT molecular complexity index is 750. The highest BCUT2D eigenvalue weighted by Gasteiger charge is 2.27. The highest BCUT2D eigenvalue weighted by atomic mass is 32.1. The van der Waals surface area contributed by atoms with Gasteiger partial charge < -0.3 is 15.1 Å². The van der Waals surface area contributed by atoms with E-state index in [2.05, 4.69) is 63.8 Å². The van der Waals surface area contributed by atoms with Gasteiger partial charge in [-0.15, -0.1) is 11.3 Å². The first kappa shape index (κ1) is 20.2. The lowest BCUT2D eigenvalue weighted by Crippen LogP contribution is -2.53. The van der Waals surface area contributed by atoms with Gasteiger partial charge >= 0.3 is 6.03 Å². The smallest absolute Gasteiger partial charge is 0.317 e. The highest BCUT2D eigenvalue weighted by molar-refractivity contribution is 7.10. The molecule has 6 heteroatoms. The first-order valence-electron chi connectivity index (χ1n) is 10.8. The van der Waals surface area contributed by atoms with E-state index in [1.165, 1.54) is 23.4 Å². The topological polar surface area (TPSA) is 38.8 Å². The van der Waals surface area contributed by atoms with Gasteiger partial charge in [-0.1, -0.05) is 31.2 Å². The van der Waals surface area contributed by atoms with Crippen molar-refractivity contribution in [2.75, 3.05) is 50.7 Å². The molecule has 0 saturated carbocycles. The SMILES string of the molecule is CC1CCN(C(CNC(=O)N2CCN(c3ccccc3)CC2)c2cccs2)CC1. The van der Waals surface area contributed by atoms with Crippen molar-refractivity contribution in [1.29, 1.82) is 0 Å². The summed E-state index contributed by atoms with van der Waals surface area (Å²) in [5.74, 6) is 0.811. The van der Waals surface area contributed by atoms with Crippen LogP contribution in [0.2, 0.25) is 0 Å². The second-order valence-electron chi connectivity index (χ2n) is 8.25. The zero-order valence-electron chi connectivity index (χ0n) is 17.3. The summed E-state index contributed by atoms with van der Waals surface area (Å²) in [5.41, 5.74) is 1.24. The number of carbonyl (C=O) groups excluding carboxylic acids is 1. The molecule has 1 atom stereocenters. The van der Waals surface area contributed by atoms with Crippen LogP contribution in [-0.4, -0.2) is 61.6 Å². The summed E-state index contributed by atoms with van der Waals surface area (Å²) in [6.45, 7) is 8.58. The Balaban J connectivity index is 1.30. The first-order valence-corrected chi connectivity index (χ1v) is 11.7. The van der Waals surface area contributed by atoms with Crippen molar-refractivity contribution in [3.63, 3.8) is 0 Å². The van der Waals surface area contributed by atoms with Crippen LogP contribution in [-0.2, 0) is 0 Å². The number of hydrogen-bond donors (Lipinski definition) is 1. The van der Waals surface area contributed by atoms with Crippen molar-refractivity contribution in [1.82, 2.24) is 15.1 Å². The van der Waals surface area contributed by atoms with E-state index in [0.717, 1.165) is 45.2 Å². The molecule has 5 nitrogen and oxygen atoms in total. The molecule has 1 unspecified atom stereocenters. The third-order valence-corrected chi connectivity index (χ3v) is 7.24. The number of thiophene rings is 1. The number of amides is 2. The van der Waals surface area contributed by atoms with Gasteiger partial charge in [0.1, 0.15) is 0 Å². The average molecular weight is 413 g/mol. The number of nitrogens with one attached hydrogen (secondary N) is 1. The molecule has 2 aromatic rings. The summed E-state index contributed by atoms with van der Waals surface area (Å²) in [5, 5.41) is 5.38. The van der Waals surface area contributed by atoms with Gasteiger partial charge in [-0.3, -0.25) is 4.90 Å². The molecule has 29 heavy (non-hydrogen) atoms. The number of nitrogens with zero attached hydrogens (tertiary/aromatic N) is 3. The third-order valence-electron chi connectivity index (χ3n) is 6.27. The van der Waals surface area contributed by atoms with Crippen molar-refractivity contribution in [3.05, 3.63) is 52.7 Å². The summed E-state index contributed by atoms with van der Waals surface area (Å²) in [4.78, 5) is 21.1. The van der Waals surface area contributed by atoms with E-state index in [1.807, 2.05) is 11.0 Å². The van der Waals surface area contributed by atoms with Crippen molar-refractivity contribution in [2.45, 2.75) is 25.8 Å². The Labute approximate surface area is 178 Å². The molecule has 2 saturated heterocycles. The maximum atomic E-state index is 12.8. The number of para-hydroxylation sites is 1. The number of benzene rings is 1. The normalized spacial score (nSPS) is 19.9. The zero-order chi connectivity index (χ0) is 20.1. The molecule has 2 aliphatic rings. The zero-order valence-corrected chi connectivity index (χ0v) is 18.1. The predicted molar refractivity (Wildman–Crippen MR) is 121 cm³/mol. The van der Waals surface area contributed by atoms with Crippen LogP contribution in [0.1, 0.15) is 30.7 Å². The minimum atomic E-state index is 0.0737. The lowest BCUT2D eigenvalue weighted by atomic mass is 9.97. The quantitative estimate of drug-likeness (QED) is 0.805. The Morgan fingerprint density at radius 2 is 1.76 bits per heavy atom. The van der Waals surface area contributed by atoms with Crippen molar-refractivity contribution in [2.24, 2.45) is 5.92 Å². The van der Waals surface area contributed by atoms with E-state index in [-0.39, 0.29) is 12.1 Å². The van der Waals surface area contributed by atoms with Crippen LogP contribution in [0.4, 0.5) is 10.5 Å². The standard InChI is InChI=1S/C23H32N4OS/c1-19-9-11-26(12-10-19)21(22-8-5-17-29-22)18-24-23(28)27-15-13-25(14-16-27)20-6-3-2-4-7-20/h2-8,17,19,21H,9-16,18H2,1H3,(H,24,28). The molecular weight excluding hydrogens is 380 g/mol. The van der Waals surface area contributed by atoms with Crippen LogP contribution in [0.3, 0.4) is 0 Å². The van der Waals surface area contributed by atoms with Crippen molar-refractivity contribution in [3.8, 4) is 0 Å². The first-order chi connectivity index (χ1) is 14.2. The van der Waals surface area contributed by atoms with Crippen LogP contribution >= 0.6 is 11.3 Å². The summed E-state index contributed by atoms with van der Waals surface area (Å²) in [6, 6.07) is 15.1. The minimum Gasteiger partial charge on any atom is -0.368 e. The van der Waals surface area contributed by atoms with Crippen molar-refractivity contribution < 1.29 is 4.79 Å². The molecule has 1 aromatic heterocycles. The molecule has 156 valence electrons. The lowest BCUT2D eigenvalue weighted by molar-refractivity contribution is 0.134. The molecule has 0 spiro atoms. The Morgan fingerprint density at radius 1 is 1.03 bits per heavy atom. The number of piperazine rings is 1. The second kappa shape index (κ2) is 9.63. The number of carbonyl (C=O) groups is 1. The maximum absolute atomic E-state index is 12.8. The summed E-state index contributed by atoms with van der Waals surface area (Å²) in [6.07, 6.45) is 2.49. The van der Waals surface area contributed by atoms with Crippen LogP contribution in [0.5, 0.6) is 0 Å². The predicted octanol–water partition coefficient (Wildman–Crippen LogP) is 4.05. The fourth-order valence-corrected chi connectivity index (χ4v) is 5.19. The maximum Gasteiger partial charge on any atom is 0.317 e. The molecule has 3 heterocycles. The molecule has 0 aliphatic carbocycles. The van der Waals surface area contributed by atoms with Gasteiger partial charge in [0.25, 0.3) is 0 Å². The number of likely N-dealkylation sites (tertiary alicyclic amines) is 1. The molecule has 2 fully saturated rings. The molecule has 2 amide bonds. The van der Waals surface area contributed by atoms with Crippen LogP contribution in [0.25, 0.3) is 0 Å². The fourth-order valence-electron chi connectivity index (χ4n) is 4.33. The number of hydrogen-bond acceptors (Lipinski definition) is 4. The summed E-state index contributed by atoms with van der Waals surface area (Å²) in [7, 11) is 0. The minimum absolute atomic E-state index is 0.0737. The van der Waals surface area contributed by atoms with Gasteiger partial charge in [0.2, 0.25) is 0 Å². The molecule has 4 rings (SSSR count). The van der Waals surface area contributed by atoms with E-state index in [0.29, 0.717) is 6.54 Å². The lowest BCUT2D eigenvalue weighted by Gasteiger charge is -2.38. The number of urea groups is 1. The molecule has 1 aromatic carbocycles. The summed E-state index contributed by atoms with van der Waals surface area (Å²) >= 11 is 1.80. The van der Waals surface area contributed by atoms with E-state index in [1.54, 1.807) is 11.3 Å². The fraction of sp³-hybridized carbons (Fsp3) is 0.522. The van der Waals surface area contributed by atoms with Gasteiger partial charge in [-0.05, 0) is 55.4 Å². The second-order valence-corrected chi connectivity index (χ2v) is 9.22. The van der Waals surface area contributed by atoms with E-state index >= 15 is 0 Å². The van der Waals surface area contributed by atoms with Gasteiger partial charge in [-0.25, -0.2) is 4.79 Å². The molecule has 0 bridgehead atoms. The largest absolute Gasteiger partial charge is 0.368 e. The van der Waals surface area contributed by atoms with Gasteiger partial charge in [0.15, 0.2) is 0 Å². The molecule has 0 radical (unpaired) electrons. The van der Waals surface area contributed by atoms with Gasteiger partial charge in [0.05, 0.1) is 6.04 Å². The number of rotatable bonds is 5. The Morgan fingerprint density at radius 3 is 2.41 bits per heavy atom. The molecular formula is C23H32N4OS. The third kappa shape index (κ3) is 5.11. The van der Waals surface area contributed by atoms with E-state index in [9.17, 15) is 4.79 Å². The van der Waals surface area contributed by atoms with E-state index in [4.69, 9.17) is 0 Å². The summed E-state index contributed by atoms with van der Waals surface area (Å²) < 4.78 is 0. The van der Waals surface area contributed by atoms with Crippen LogP contribution < -0.4 is 10.2 Å². The molecule has 1 N–H and O–H groups in total. The molecule has 2 aliphatic heterocycles. The number of piperidine rings is 1.